The number of rotatable bonds is 8. The number of nitrogens with zero attached hydrogens (tertiary/aromatic N) is 4. The van der Waals surface area contributed by atoms with Gasteiger partial charge in [-0.2, -0.15) is 5.10 Å². The number of fused-ring (bicyclic) bond motifs is 1. The number of ether oxygens (including phenoxy) is 1. The van der Waals surface area contributed by atoms with Crippen molar-refractivity contribution in [1.29, 1.82) is 0 Å². The highest BCUT2D eigenvalue weighted by Gasteiger charge is 2.15. The second kappa shape index (κ2) is 9.24. The zero-order chi connectivity index (χ0) is 21.8. The standard InChI is InChI=1S/C24H27N5O2/c1-3-7-19(25)21-10-6-9-20(28-21)16-12-22-18(23(13-16)31-4-2)14-26-29(22)24-11-5-8-17(15-30)27-24/h5-6,8-14,19,30H,3-4,7,15,25H2,1-2H3. The van der Waals surface area contributed by atoms with Gasteiger partial charge in [0.05, 0.1) is 47.4 Å². The summed E-state index contributed by atoms with van der Waals surface area (Å²) in [7, 11) is 0. The minimum Gasteiger partial charge on any atom is -0.493 e. The minimum absolute atomic E-state index is 0.0870. The molecule has 7 heteroatoms. The number of hydrogen-bond acceptors (Lipinski definition) is 6. The second-order valence-corrected chi connectivity index (χ2v) is 7.38. The number of nitrogens with two attached hydrogens (primary N) is 1. The SMILES string of the molecule is CCCC(N)c1cccc(-c2cc(OCC)c3cnn(-c4cccc(CO)n4)c3c2)n1. The predicted molar refractivity (Wildman–Crippen MR) is 121 cm³/mol. The molecule has 0 spiro atoms. The average Bonchev–Trinajstić information content (AvgIpc) is 3.24. The molecule has 3 N–H and O–H groups in total. The first-order valence-corrected chi connectivity index (χ1v) is 10.6. The predicted octanol–water partition coefficient (Wildman–Crippen LogP) is 4.17. The van der Waals surface area contributed by atoms with E-state index in [-0.39, 0.29) is 12.6 Å². The Morgan fingerprint density at radius 1 is 1.10 bits per heavy atom. The molecule has 0 aliphatic heterocycles. The molecule has 0 aliphatic rings. The Morgan fingerprint density at radius 3 is 2.71 bits per heavy atom. The zero-order valence-corrected chi connectivity index (χ0v) is 17.8. The lowest BCUT2D eigenvalue weighted by atomic mass is 10.1. The number of aliphatic hydroxyl groups excluding tert-OH is 1. The molecule has 3 heterocycles. The Morgan fingerprint density at radius 2 is 1.94 bits per heavy atom. The second-order valence-electron chi connectivity index (χ2n) is 7.38. The highest BCUT2D eigenvalue weighted by atomic mass is 16.5. The third kappa shape index (κ3) is 4.28. The Kier molecular flexibility index (Phi) is 6.25. The van der Waals surface area contributed by atoms with Gasteiger partial charge in [0.15, 0.2) is 5.82 Å². The van der Waals surface area contributed by atoms with Crippen molar-refractivity contribution in [3.05, 3.63) is 66.1 Å². The van der Waals surface area contributed by atoms with Crippen molar-refractivity contribution < 1.29 is 9.84 Å². The Bertz CT molecular complexity index is 1190. The maximum Gasteiger partial charge on any atom is 0.154 e. The van der Waals surface area contributed by atoms with E-state index in [2.05, 4.69) is 17.0 Å². The molecule has 0 fully saturated rings. The van der Waals surface area contributed by atoms with Crippen molar-refractivity contribution in [2.24, 2.45) is 5.73 Å². The summed E-state index contributed by atoms with van der Waals surface area (Å²) >= 11 is 0. The molecule has 0 bridgehead atoms. The van der Waals surface area contributed by atoms with E-state index < -0.39 is 0 Å². The van der Waals surface area contributed by atoms with Crippen LogP contribution in [0.4, 0.5) is 0 Å². The van der Waals surface area contributed by atoms with E-state index in [1.807, 2.05) is 49.4 Å². The number of aliphatic hydroxyl groups is 1. The van der Waals surface area contributed by atoms with Crippen LogP contribution >= 0.6 is 0 Å². The normalized spacial score (nSPS) is 12.3. The van der Waals surface area contributed by atoms with Crippen molar-refractivity contribution in [3.63, 3.8) is 0 Å². The van der Waals surface area contributed by atoms with Gasteiger partial charge >= 0.3 is 0 Å². The summed E-state index contributed by atoms with van der Waals surface area (Å²) in [5.41, 5.74) is 10.4. The molecule has 31 heavy (non-hydrogen) atoms. The van der Waals surface area contributed by atoms with Gasteiger partial charge in [-0.05, 0) is 49.7 Å². The molecule has 0 amide bonds. The molecule has 4 aromatic rings. The summed E-state index contributed by atoms with van der Waals surface area (Å²) in [6, 6.07) is 15.4. The lowest BCUT2D eigenvalue weighted by Gasteiger charge is -2.13. The van der Waals surface area contributed by atoms with Gasteiger partial charge in [-0.15, -0.1) is 0 Å². The van der Waals surface area contributed by atoms with Gasteiger partial charge in [0.25, 0.3) is 0 Å². The fourth-order valence-electron chi connectivity index (χ4n) is 3.65. The molecular formula is C24H27N5O2. The topological polar surface area (TPSA) is 99.1 Å². The van der Waals surface area contributed by atoms with Gasteiger partial charge in [-0.3, -0.25) is 4.98 Å². The van der Waals surface area contributed by atoms with Crippen LogP contribution in [0.2, 0.25) is 0 Å². The van der Waals surface area contributed by atoms with Crippen molar-refractivity contribution in [3.8, 4) is 22.8 Å². The Balaban J connectivity index is 1.86. The van der Waals surface area contributed by atoms with Crippen LogP contribution in [0.25, 0.3) is 28.0 Å². The first kappa shape index (κ1) is 21.0. The van der Waals surface area contributed by atoms with Gasteiger partial charge in [-0.1, -0.05) is 25.5 Å². The molecule has 0 saturated carbocycles. The Labute approximate surface area is 181 Å². The Hall–Kier alpha value is -3.29. The van der Waals surface area contributed by atoms with Crippen molar-refractivity contribution >= 4 is 10.9 Å². The van der Waals surface area contributed by atoms with E-state index in [0.717, 1.165) is 46.4 Å². The van der Waals surface area contributed by atoms with Crippen LogP contribution in [0, 0.1) is 0 Å². The monoisotopic (exact) mass is 417 g/mol. The van der Waals surface area contributed by atoms with E-state index in [1.54, 1.807) is 16.9 Å². The van der Waals surface area contributed by atoms with Crippen molar-refractivity contribution in [2.75, 3.05) is 6.61 Å². The van der Waals surface area contributed by atoms with Crippen LogP contribution in [0.3, 0.4) is 0 Å². The third-order valence-electron chi connectivity index (χ3n) is 5.17. The third-order valence-corrected chi connectivity index (χ3v) is 5.17. The quantitative estimate of drug-likeness (QED) is 0.446. The average molecular weight is 418 g/mol. The molecule has 4 rings (SSSR count). The van der Waals surface area contributed by atoms with Crippen molar-refractivity contribution in [1.82, 2.24) is 19.7 Å². The zero-order valence-electron chi connectivity index (χ0n) is 17.8. The minimum atomic E-state index is -0.128. The van der Waals surface area contributed by atoms with Crippen LogP contribution in [-0.4, -0.2) is 31.5 Å². The van der Waals surface area contributed by atoms with Gasteiger partial charge in [-0.25, -0.2) is 9.67 Å². The molecular weight excluding hydrogens is 390 g/mol. The highest BCUT2D eigenvalue weighted by Crippen LogP contribution is 2.33. The van der Waals surface area contributed by atoms with Crippen molar-refractivity contribution in [2.45, 2.75) is 39.3 Å². The first-order valence-electron chi connectivity index (χ1n) is 10.6. The molecule has 160 valence electrons. The van der Waals surface area contributed by atoms with E-state index >= 15 is 0 Å². The summed E-state index contributed by atoms with van der Waals surface area (Å²) in [4.78, 5) is 9.32. The van der Waals surface area contributed by atoms with Gasteiger partial charge in [0.2, 0.25) is 0 Å². The lowest BCUT2D eigenvalue weighted by Crippen LogP contribution is -2.11. The largest absolute Gasteiger partial charge is 0.493 e. The molecule has 1 aromatic carbocycles. The van der Waals surface area contributed by atoms with Gasteiger partial charge in [0, 0.05) is 11.6 Å². The van der Waals surface area contributed by atoms with Crippen LogP contribution in [0.1, 0.15) is 44.1 Å². The molecule has 0 saturated heterocycles. The fraction of sp³-hybridized carbons (Fsp3) is 0.292. The fourth-order valence-corrected chi connectivity index (χ4v) is 3.65. The maximum atomic E-state index is 9.46. The number of pyridine rings is 2. The number of aromatic nitrogens is 4. The highest BCUT2D eigenvalue weighted by molar-refractivity contribution is 5.90. The summed E-state index contributed by atoms with van der Waals surface area (Å²) in [6.45, 7) is 4.48. The number of hydrogen-bond donors (Lipinski definition) is 2. The molecule has 1 atom stereocenters. The summed E-state index contributed by atoms with van der Waals surface area (Å²) in [5, 5.41) is 14.9. The van der Waals surface area contributed by atoms with Gasteiger partial charge in [0.1, 0.15) is 5.75 Å². The van der Waals surface area contributed by atoms with Crippen LogP contribution in [0.15, 0.2) is 54.7 Å². The molecule has 7 nitrogen and oxygen atoms in total. The molecule has 0 radical (unpaired) electrons. The summed E-state index contributed by atoms with van der Waals surface area (Å²) in [6.07, 6.45) is 3.67. The summed E-state index contributed by atoms with van der Waals surface area (Å²) < 4.78 is 7.68. The lowest BCUT2D eigenvalue weighted by molar-refractivity contribution is 0.276. The smallest absolute Gasteiger partial charge is 0.154 e. The summed E-state index contributed by atoms with van der Waals surface area (Å²) in [5.74, 6) is 1.37. The van der Waals surface area contributed by atoms with E-state index in [0.29, 0.717) is 18.1 Å². The van der Waals surface area contributed by atoms with Crippen LogP contribution < -0.4 is 10.5 Å². The van der Waals surface area contributed by atoms with E-state index in [9.17, 15) is 5.11 Å². The van der Waals surface area contributed by atoms with Crippen LogP contribution in [-0.2, 0) is 6.61 Å². The van der Waals surface area contributed by atoms with E-state index in [1.165, 1.54) is 0 Å². The number of benzene rings is 1. The first-order chi connectivity index (χ1) is 15.1. The van der Waals surface area contributed by atoms with Crippen LogP contribution in [0.5, 0.6) is 5.75 Å². The molecule has 3 aromatic heterocycles. The maximum absolute atomic E-state index is 9.46. The van der Waals surface area contributed by atoms with E-state index in [4.69, 9.17) is 15.5 Å². The molecule has 0 aliphatic carbocycles. The molecule has 1 unspecified atom stereocenters. The van der Waals surface area contributed by atoms with Gasteiger partial charge < -0.3 is 15.6 Å².